The lowest BCUT2D eigenvalue weighted by molar-refractivity contribution is 0.302. The number of benzene rings is 1. The summed E-state index contributed by atoms with van der Waals surface area (Å²) in [6, 6.07) is 5.21. The van der Waals surface area contributed by atoms with Crippen molar-refractivity contribution < 1.29 is 9.47 Å². The number of nitrogens with two attached hydrogens (primary N) is 1. The molecule has 4 heteroatoms. The van der Waals surface area contributed by atoms with Crippen LogP contribution in [0.2, 0.25) is 5.02 Å². The molecule has 0 amide bonds. The molecule has 72 valence electrons. The Kier molecular flexibility index (Phi) is 3.86. The first-order valence-corrected chi connectivity index (χ1v) is 4.32. The first kappa shape index (κ1) is 10.2. The second-order valence-electron chi connectivity index (χ2n) is 2.43. The number of ether oxygens (including phenoxy) is 2. The molecule has 0 atom stereocenters. The third-order valence-corrected chi connectivity index (χ3v) is 1.74. The van der Waals surface area contributed by atoms with E-state index in [0.29, 0.717) is 29.7 Å². The van der Waals surface area contributed by atoms with Crippen molar-refractivity contribution in [2.45, 2.75) is 0 Å². The topological polar surface area (TPSA) is 44.5 Å². The summed E-state index contributed by atoms with van der Waals surface area (Å²) >= 11 is 5.79. The summed E-state index contributed by atoms with van der Waals surface area (Å²) in [5, 5.41) is 0.618. The maximum absolute atomic E-state index is 5.79. The van der Waals surface area contributed by atoms with Crippen LogP contribution >= 0.6 is 11.6 Å². The number of hydrogen-bond donors (Lipinski definition) is 1. The molecule has 0 aromatic heterocycles. The van der Waals surface area contributed by atoms with Gasteiger partial charge in [0.1, 0.15) is 6.61 Å². The van der Waals surface area contributed by atoms with E-state index >= 15 is 0 Å². The summed E-state index contributed by atoms with van der Waals surface area (Å²) in [6.07, 6.45) is 0. The average Bonchev–Trinajstić information content (AvgIpc) is 2.15. The van der Waals surface area contributed by atoms with E-state index in [9.17, 15) is 0 Å². The predicted octanol–water partition coefficient (Wildman–Crippen LogP) is 1.69. The third-order valence-electron chi connectivity index (χ3n) is 1.50. The van der Waals surface area contributed by atoms with Crippen LogP contribution in [0.15, 0.2) is 18.2 Å². The van der Waals surface area contributed by atoms with Gasteiger partial charge in [-0.3, -0.25) is 0 Å². The Morgan fingerprint density at radius 2 is 2.15 bits per heavy atom. The van der Waals surface area contributed by atoms with E-state index in [1.807, 2.05) is 0 Å². The van der Waals surface area contributed by atoms with Crippen molar-refractivity contribution in [3.8, 4) is 11.5 Å². The van der Waals surface area contributed by atoms with Gasteiger partial charge in [0.15, 0.2) is 11.5 Å². The van der Waals surface area contributed by atoms with E-state index in [0.717, 1.165) is 0 Å². The molecule has 0 heterocycles. The molecule has 0 radical (unpaired) electrons. The largest absolute Gasteiger partial charge is 0.493 e. The van der Waals surface area contributed by atoms with Crippen molar-refractivity contribution >= 4 is 11.6 Å². The van der Waals surface area contributed by atoms with E-state index in [4.69, 9.17) is 26.8 Å². The van der Waals surface area contributed by atoms with Crippen LogP contribution in [-0.4, -0.2) is 20.3 Å². The van der Waals surface area contributed by atoms with Gasteiger partial charge in [-0.2, -0.15) is 0 Å². The van der Waals surface area contributed by atoms with Crippen molar-refractivity contribution in [3.63, 3.8) is 0 Å². The lowest BCUT2D eigenvalue weighted by Gasteiger charge is -2.09. The summed E-state index contributed by atoms with van der Waals surface area (Å²) in [5.74, 6) is 1.29. The zero-order chi connectivity index (χ0) is 9.68. The van der Waals surface area contributed by atoms with Crippen molar-refractivity contribution in [2.24, 2.45) is 5.73 Å². The molecule has 0 saturated carbocycles. The van der Waals surface area contributed by atoms with Crippen LogP contribution in [0.4, 0.5) is 0 Å². The highest BCUT2D eigenvalue weighted by atomic mass is 35.5. The minimum Gasteiger partial charge on any atom is -0.493 e. The van der Waals surface area contributed by atoms with Gasteiger partial charge in [-0.1, -0.05) is 11.6 Å². The fourth-order valence-corrected chi connectivity index (χ4v) is 1.09. The predicted molar refractivity (Wildman–Crippen MR) is 52.6 cm³/mol. The van der Waals surface area contributed by atoms with Crippen LogP contribution in [0.25, 0.3) is 0 Å². The normalized spacial score (nSPS) is 9.77. The van der Waals surface area contributed by atoms with E-state index in [1.165, 1.54) is 0 Å². The molecule has 0 unspecified atom stereocenters. The quantitative estimate of drug-likeness (QED) is 0.806. The Balaban J connectivity index is 2.81. The minimum atomic E-state index is 0.455. The van der Waals surface area contributed by atoms with Gasteiger partial charge >= 0.3 is 0 Å². The number of rotatable bonds is 4. The van der Waals surface area contributed by atoms with E-state index < -0.39 is 0 Å². The average molecular weight is 202 g/mol. The van der Waals surface area contributed by atoms with Crippen LogP contribution in [0.5, 0.6) is 11.5 Å². The molecule has 1 aromatic carbocycles. The van der Waals surface area contributed by atoms with Crippen LogP contribution in [0.3, 0.4) is 0 Å². The molecular weight excluding hydrogens is 190 g/mol. The summed E-state index contributed by atoms with van der Waals surface area (Å²) in [7, 11) is 1.58. The van der Waals surface area contributed by atoms with Gasteiger partial charge in [0.2, 0.25) is 0 Å². The maximum atomic E-state index is 5.79. The summed E-state index contributed by atoms with van der Waals surface area (Å²) < 4.78 is 10.4. The zero-order valence-electron chi connectivity index (χ0n) is 7.42. The highest BCUT2D eigenvalue weighted by molar-refractivity contribution is 6.30. The molecule has 0 fully saturated rings. The van der Waals surface area contributed by atoms with Gasteiger partial charge < -0.3 is 15.2 Å². The van der Waals surface area contributed by atoms with Crippen LogP contribution < -0.4 is 15.2 Å². The smallest absolute Gasteiger partial charge is 0.162 e. The Morgan fingerprint density at radius 1 is 1.38 bits per heavy atom. The molecule has 2 N–H and O–H groups in total. The molecular formula is C9H12ClNO2. The van der Waals surface area contributed by atoms with Gasteiger partial charge in [0, 0.05) is 17.6 Å². The molecule has 13 heavy (non-hydrogen) atoms. The third kappa shape index (κ3) is 2.79. The van der Waals surface area contributed by atoms with Gasteiger partial charge in [0.05, 0.1) is 7.11 Å². The summed E-state index contributed by atoms with van der Waals surface area (Å²) in [6.45, 7) is 0.923. The molecule has 0 saturated heterocycles. The monoisotopic (exact) mass is 201 g/mol. The van der Waals surface area contributed by atoms with Crippen LogP contribution in [0.1, 0.15) is 0 Å². The Morgan fingerprint density at radius 3 is 2.77 bits per heavy atom. The Labute approximate surface area is 82.4 Å². The maximum Gasteiger partial charge on any atom is 0.162 e. The van der Waals surface area contributed by atoms with E-state index in [1.54, 1.807) is 25.3 Å². The number of halogens is 1. The van der Waals surface area contributed by atoms with Crippen molar-refractivity contribution in [1.82, 2.24) is 0 Å². The van der Waals surface area contributed by atoms with Crippen LogP contribution in [0, 0.1) is 0 Å². The summed E-state index contributed by atoms with van der Waals surface area (Å²) in [4.78, 5) is 0. The van der Waals surface area contributed by atoms with Crippen LogP contribution in [-0.2, 0) is 0 Å². The SMILES string of the molecule is COc1ccc(Cl)cc1OCCN. The second kappa shape index (κ2) is 4.94. The minimum absolute atomic E-state index is 0.455. The molecule has 1 aromatic rings. The fourth-order valence-electron chi connectivity index (χ4n) is 0.932. The lowest BCUT2D eigenvalue weighted by Crippen LogP contribution is -2.11. The first-order valence-electron chi connectivity index (χ1n) is 3.94. The highest BCUT2D eigenvalue weighted by Crippen LogP contribution is 2.29. The molecule has 0 aliphatic rings. The molecule has 0 spiro atoms. The van der Waals surface area contributed by atoms with Crippen molar-refractivity contribution in [2.75, 3.05) is 20.3 Å². The molecule has 3 nitrogen and oxygen atoms in total. The van der Waals surface area contributed by atoms with E-state index in [-0.39, 0.29) is 0 Å². The fraction of sp³-hybridized carbons (Fsp3) is 0.333. The summed E-state index contributed by atoms with van der Waals surface area (Å²) in [5.41, 5.74) is 5.31. The molecule has 0 aliphatic carbocycles. The number of methoxy groups -OCH3 is 1. The number of hydrogen-bond acceptors (Lipinski definition) is 3. The van der Waals surface area contributed by atoms with Crippen molar-refractivity contribution in [1.29, 1.82) is 0 Å². The molecule has 0 bridgehead atoms. The highest BCUT2D eigenvalue weighted by Gasteiger charge is 2.03. The Hall–Kier alpha value is -0.930. The molecule has 0 aliphatic heterocycles. The Bertz CT molecular complexity index is 278. The first-order chi connectivity index (χ1) is 6.27. The van der Waals surface area contributed by atoms with Gasteiger partial charge in [-0.15, -0.1) is 0 Å². The van der Waals surface area contributed by atoms with E-state index in [2.05, 4.69) is 0 Å². The molecule has 1 rings (SSSR count). The zero-order valence-corrected chi connectivity index (χ0v) is 8.17. The van der Waals surface area contributed by atoms with Gasteiger partial charge in [-0.25, -0.2) is 0 Å². The second-order valence-corrected chi connectivity index (χ2v) is 2.87. The van der Waals surface area contributed by atoms with Gasteiger partial charge in [0.25, 0.3) is 0 Å². The lowest BCUT2D eigenvalue weighted by atomic mass is 10.3. The standard InChI is InChI=1S/C9H12ClNO2/c1-12-8-3-2-7(10)6-9(8)13-5-4-11/h2-3,6H,4-5,11H2,1H3. The van der Waals surface area contributed by atoms with Crippen molar-refractivity contribution in [3.05, 3.63) is 23.2 Å². The van der Waals surface area contributed by atoms with Gasteiger partial charge in [-0.05, 0) is 12.1 Å².